The lowest BCUT2D eigenvalue weighted by molar-refractivity contribution is -0.119. The van der Waals surface area contributed by atoms with E-state index in [4.69, 9.17) is 4.74 Å². The Labute approximate surface area is 148 Å². The maximum atomic E-state index is 12.3. The van der Waals surface area contributed by atoms with Gasteiger partial charge in [0.1, 0.15) is 11.9 Å². The van der Waals surface area contributed by atoms with Gasteiger partial charge in [0.05, 0.1) is 11.1 Å². The van der Waals surface area contributed by atoms with E-state index >= 15 is 0 Å². The van der Waals surface area contributed by atoms with Crippen molar-refractivity contribution in [3.05, 3.63) is 58.7 Å². The Morgan fingerprint density at radius 2 is 2.04 bits per heavy atom. The third-order valence-corrected chi connectivity index (χ3v) is 5.26. The maximum Gasteiger partial charge on any atom is 0.234 e. The number of carbonyl (C=O) groups is 1. The summed E-state index contributed by atoms with van der Waals surface area (Å²) < 4.78 is 6.27. The average Bonchev–Trinajstić information content (AvgIpc) is 3.07. The number of benzene rings is 2. The minimum atomic E-state index is -0.544. The Bertz CT molecular complexity index is 828. The normalized spacial score (nSPS) is 20.0. The summed E-state index contributed by atoms with van der Waals surface area (Å²) in [4.78, 5) is 12.3. The predicted molar refractivity (Wildman–Crippen MR) is 99.1 cm³/mol. The number of nitrogens with one attached hydrogen (secondary N) is 2. The van der Waals surface area contributed by atoms with Crippen molar-refractivity contribution in [2.75, 3.05) is 11.9 Å². The molecule has 0 aromatic heterocycles. The van der Waals surface area contributed by atoms with Crippen LogP contribution in [-0.4, -0.2) is 18.6 Å². The minimum Gasteiger partial charge on any atom is -0.488 e. The van der Waals surface area contributed by atoms with Crippen LogP contribution in [0.3, 0.4) is 0 Å². The van der Waals surface area contributed by atoms with Gasteiger partial charge >= 0.3 is 0 Å². The molecule has 0 bridgehead atoms. The molecule has 0 radical (unpaired) electrons. The molecule has 1 amide bonds. The highest BCUT2D eigenvalue weighted by Gasteiger charge is 2.44. The molecule has 25 heavy (non-hydrogen) atoms. The lowest BCUT2D eigenvalue weighted by atomic mass is 9.83. The fourth-order valence-electron chi connectivity index (χ4n) is 3.84. The second kappa shape index (κ2) is 5.88. The first-order chi connectivity index (χ1) is 12.0. The van der Waals surface area contributed by atoms with Crippen molar-refractivity contribution < 1.29 is 9.53 Å². The minimum absolute atomic E-state index is 0.0493. The number of hydrogen-bond donors (Lipinski definition) is 2. The molecule has 4 nitrogen and oxygen atoms in total. The smallest absolute Gasteiger partial charge is 0.234 e. The number of amides is 1. The van der Waals surface area contributed by atoms with Crippen LogP contribution in [0.1, 0.15) is 36.1 Å². The van der Waals surface area contributed by atoms with Crippen LogP contribution in [0.5, 0.6) is 5.75 Å². The van der Waals surface area contributed by atoms with Crippen LogP contribution in [0.4, 0.5) is 5.69 Å². The third-order valence-electron chi connectivity index (χ3n) is 5.26. The summed E-state index contributed by atoms with van der Waals surface area (Å²) in [6, 6.07) is 12.5. The van der Waals surface area contributed by atoms with Gasteiger partial charge in [-0.2, -0.15) is 0 Å². The van der Waals surface area contributed by atoms with E-state index in [1.54, 1.807) is 0 Å². The van der Waals surface area contributed by atoms with Crippen LogP contribution in [0.15, 0.2) is 36.4 Å². The fraction of sp³-hybridized carbons (Fsp3) is 0.381. The number of anilines is 1. The second-order valence-corrected chi connectivity index (χ2v) is 7.57. The molecule has 1 unspecified atom stereocenters. The zero-order valence-corrected chi connectivity index (χ0v) is 15.0. The van der Waals surface area contributed by atoms with Crippen molar-refractivity contribution in [1.82, 2.24) is 5.32 Å². The molecular weight excluding hydrogens is 312 g/mol. The molecular formula is C21H24N2O2. The van der Waals surface area contributed by atoms with Crippen molar-refractivity contribution in [2.24, 2.45) is 0 Å². The molecule has 2 aliphatic heterocycles. The quantitative estimate of drug-likeness (QED) is 0.900. The molecule has 1 atom stereocenters. The molecule has 0 aliphatic carbocycles. The number of fused-ring (bicyclic) bond motifs is 3. The summed E-state index contributed by atoms with van der Waals surface area (Å²) >= 11 is 0. The Kier molecular flexibility index (Phi) is 3.80. The Morgan fingerprint density at radius 1 is 1.28 bits per heavy atom. The summed E-state index contributed by atoms with van der Waals surface area (Å²) in [5.41, 5.74) is 5.02. The topological polar surface area (TPSA) is 50.4 Å². The maximum absolute atomic E-state index is 12.3. The molecule has 2 aromatic rings. The summed E-state index contributed by atoms with van der Waals surface area (Å²) in [6.45, 7) is 7.62. The van der Waals surface area contributed by atoms with Crippen LogP contribution < -0.4 is 15.4 Å². The molecule has 2 aromatic carbocycles. The first-order valence-corrected chi connectivity index (χ1v) is 8.86. The third kappa shape index (κ3) is 2.71. The van der Waals surface area contributed by atoms with Gasteiger partial charge in [-0.1, -0.05) is 36.4 Å². The van der Waals surface area contributed by atoms with E-state index in [0.29, 0.717) is 0 Å². The van der Waals surface area contributed by atoms with Gasteiger partial charge < -0.3 is 15.4 Å². The molecule has 4 heteroatoms. The Hall–Kier alpha value is -2.33. The molecule has 2 N–H and O–H groups in total. The number of rotatable bonds is 4. The molecule has 0 spiro atoms. The Balaban J connectivity index is 1.50. The van der Waals surface area contributed by atoms with Crippen LogP contribution in [0.25, 0.3) is 0 Å². The van der Waals surface area contributed by atoms with E-state index in [-0.39, 0.29) is 12.0 Å². The van der Waals surface area contributed by atoms with Crippen molar-refractivity contribution in [1.29, 1.82) is 0 Å². The standard InChI is InChI=1S/C21H24N2O2/c1-13-9-15-10-16(12-22-11-14-7-5-4-6-8-14)25-19(15)17-18(13)23-20(24)21(17,2)3/h4-9,16,22H,10-12H2,1-3H3,(H,23,24). The summed E-state index contributed by atoms with van der Waals surface area (Å²) in [7, 11) is 0. The number of carbonyl (C=O) groups excluding carboxylic acids is 1. The molecule has 0 saturated heterocycles. The fourth-order valence-corrected chi connectivity index (χ4v) is 3.84. The average molecular weight is 336 g/mol. The summed E-state index contributed by atoms with van der Waals surface area (Å²) in [6.07, 6.45) is 0.992. The van der Waals surface area contributed by atoms with Crippen LogP contribution in [-0.2, 0) is 23.2 Å². The SMILES string of the molecule is Cc1cc2c(c3c1NC(=O)C3(C)C)OC(CNCc1ccccc1)C2. The van der Waals surface area contributed by atoms with Crippen LogP contribution >= 0.6 is 0 Å². The van der Waals surface area contributed by atoms with Crippen LogP contribution in [0.2, 0.25) is 0 Å². The molecule has 130 valence electrons. The molecule has 4 rings (SSSR count). The highest BCUT2D eigenvalue weighted by atomic mass is 16.5. The van der Waals surface area contributed by atoms with E-state index < -0.39 is 5.41 Å². The highest BCUT2D eigenvalue weighted by Crippen LogP contribution is 2.49. The molecule has 2 heterocycles. The van der Waals surface area contributed by atoms with Gasteiger partial charge in [-0.05, 0) is 37.5 Å². The predicted octanol–water partition coefficient (Wildman–Crippen LogP) is 3.32. The molecule has 0 saturated carbocycles. The number of aryl methyl sites for hydroxylation is 1. The summed E-state index contributed by atoms with van der Waals surface area (Å²) in [5, 5.41) is 6.51. The van der Waals surface area contributed by atoms with Gasteiger partial charge in [-0.3, -0.25) is 4.79 Å². The van der Waals surface area contributed by atoms with E-state index in [1.807, 2.05) is 19.9 Å². The van der Waals surface area contributed by atoms with Crippen molar-refractivity contribution in [3.63, 3.8) is 0 Å². The lowest BCUT2D eigenvalue weighted by Gasteiger charge is -2.20. The van der Waals surface area contributed by atoms with E-state index in [9.17, 15) is 4.79 Å². The van der Waals surface area contributed by atoms with E-state index in [1.165, 1.54) is 11.1 Å². The van der Waals surface area contributed by atoms with Crippen molar-refractivity contribution >= 4 is 11.6 Å². The van der Waals surface area contributed by atoms with Gasteiger partial charge in [0.25, 0.3) is 0 Å². The van der Waals surface area contributed by atoms with Gasteiger partial charge in [0, 0.05) is 25.1 Å². The van der Waals surface area contributed by atoms with Gasteiger partial charge in [0.2, 0.25) is 5.91 Å². The van der Waals surface area contributed by atoms with Crippen LogP contribution in [0, 0.1) is 6.92 Å². The number of ether oxygens (including phenoxy) is 1. The molecule has 2 aliphatic rings. The zero-order valence-electron chi connectivity index (χ0n) is 15.0. The zero-order chi connectivity index (χ0) is 17.6. The first kappa shape index (κ1) is 16.2. The highest BCUT2D eigenvalue weighted by molar-refractivity contribution is 6.07. The van der Waals surface area contributed by atoms with Crippen molar-refractivity contribution in [2.45, 2.75) is 45.3 Å². The largest absolute Gasteiger partial charge is 0.488 e. The molecule has 0 fully saturated rings. The second-order valence-electron chi connectivity index (χ2n) is 7.57. The number of hydrogen-bond acceptors (Lipinski definition) is 3. The van der Waals surface area contributed by atoms with Gasteiger partial charge in [-0.15, -0.1) is 0 Å². The van der Waals surface area contributed by atoms with Gasteiger partial charge in [-0.25, -0.2) is 0 Å². The van der Waals surface area contributed by atoms with Gasteiger partial charge in [0.15, 0.2) is 0 Å². The Morgan fingerprint density at radius 3 is 2.80 bits per heavy atom. The van der Waals surface area contributed by atoms with E-state index in [2.05, 4.69) is 47.9 Å². The van der Waals surface area contributed by atoms with Crippen molar-refractivity contribution in [3.8, 4) is 5.75 Å². The first-order valence-electron chi connectivity index (χ1n) is 8.86. The van der Waals surface area contributed by atoms with E-state index in [0.717, 1.165) is 42.1 Å². The lowest BCUT2D eigenvalue weighted by Crippen LogP contribution is -2.30. The summed E-state index contributed by atoms with van der Waals surface area (Å²) in [5.74, 6) is 0.962. The monoisotopic (exact) mass is 336 g/mol.